The maximum atomic E-state index is 14.0. The molecule has 2 aromatic rings. The lowest BCUT2D eigenvalue weighted by atomic mass is 10.1. The van der Waals surface area contributed by atoms with Crippen LogP contribution in [0.1, 0.15) is 36.8 Å². The Balaban J connectivity index is 2.06. The Kier molecular flexibility index (Phi) is 9.35. The van der Waals surface area contributed by atoms with Crippen molar-refractivity contribution in [3.8, 4) is 0 Å². The predicted octanol–water partition coefficient (Wildman–Crippen LogP) is 1.18. The number of guanidine groups is 1. The number of hydrogen-bond acceptors (Lipinski definition) is 7. The molecule has 14 heteroatoms. The number of sulfonamides is 2. The Bertz CT molecular complexity index is 1440. The van der Waals surface area contributed by atoms with Gasteiger partial charge in [0, 0.05) is 13.1 Å². The van der Waals surface area contributed by atoms with Crippen LogP contribution in [-0.4, -0.2) is 73.6 Å². The van der Waals surface area contributed by atoms with Gasteiger partial charge in [-0.15, -0.1) is 0 Å². The molecule has 0 bridgehead atoms. The molecular weight excluding hydrogens is 546 g/mol. The molecule has 1 aliphatic heterocycles. The molecule has 0 unspecified atom stereocenters. The molecule has 1 heterocycles. The van der Waals surface area contributed by atoms with Crippen molar-refractivity contribution in [2.24, 2.45) is 16.5 Å². The monoisotopic (exact) mass is 579 g/mol. The average Bonchev–Trinajstić information content (AvgIpc) is 3.37. The molecule has 0 radical (unpaired) electrons. The number of carboxylic acid groups (broad SMARTS) is 1. The molecule has 12 nitrogen and oxygen atoms in total. The van der Waals surface area contributed by atoms with Crippen LogP contribution in [0.25, 0.3) is 0 Å². The molecule has 1 fully saturated rings. The number of benzene rings is 2. The normalized spacial score (nSPS) is 16.9. The van der Waals surface area contributed by atoms with Gasteiger partial charge in [0.2, 0.25) is 10.0 Å². The molecule has 1 aliphatic rings. The topological polar surface area (TPSA) is 194 Å². The highest BCUT2D eigenvalue weighted by molar-refractivity contribution is 7.90. The Morgan fingerprint density at radius 3 is 2.05 bits per heavy atom. The third-order valence-electron chi connectivity index (χ3n) is 6.41. The smallest absolute Gasteiger partial charge is 0.327 e. The van der Waals surface area contributed by atoms with Crippen LogP contribution in [0.5, 0.6) is 0 Å². The van der Waals surface area contributed by atoms with E-state index < -0.39 is 44.0 Å². The number of aliphatic carboxylic acids is 1. The van der Waals surface area contributed by atoms with E-state index in [0.717, 1.165) is 15.4 Å². The molecule has 3 rings (SSSR count). The molecule has 2 aromatic carbocycles. The molecule has 39 heavy (non-hydrogen) atoms. The summed E-state index contributed by atoms with van der Waals surface area (Å²) >= 11 is 0. The summed E-state index contributed by atoms with van der Waals surface area (Å²) in [5, 5.41) is 10.1. The number of nitrogens with two attached hydrogens (primary N) is 2. The fourth-order valence-electron chi connectivity index (χ4n) is 4.36. The number of carbonyl (C=O) groups is 2. The number of nitrogens with zero attached hydrogens (tertiary/aromatic N) is 3. The van der Waals surface area contributed by atoms with Gasteiger partial charge in [-0.3, -0.25) is 9.79 Å². The van der Waals surface area contributed by atoms with Gasteiger partial charge >= 0.3 is 5.97 Å². The van der Waals surface area contributed by atoms with Gasteiger partial charge in [-0.1, -0.05) is 35.4 Å². The molecule has 2 atom stereocenters. The Morgan fingerprint density at radius 1 is 1.00 bits per heavy atom. The minimum absolute atomic E-state index is 0.01000. The molecule has 0 aromatic heterocycles. The number of hydrogen-bond donors (Lipinski definition) is 3. The first-order chi connectivity index (χ1) is 18.3. The van der Waals surface area contributed by atoms with Crippen molar-refractivity contribution in [1.29, 1.82) is 0 Å². The molecule has 0 spiro atoms. The number of carbonyl (C=O) groups excluding carboxylic acids is 1. The quantitative estimate of drug-likeness (QED) is 0.199. The molecule has 0 saturated carbocycles. The highest BCUT2D eigenvalue weighted by Gasteiger charge is 2.47. The fraction of sp³-hybridized carbons (Fsp3) is 0.400. The van der Waals surface area contributed by atoms with E-state index in [4.69, 9.17) is 11.5 Å². The summed E-state index contributed by atoms with van der Waals surface area (Å²) in [5.74, 6) is -2.90. The zero-order chi connectivity index (χ0) is 29.0. The number of amides is 1. The lowest BCUT2D eigenvalue weighted by Gasteiger charge is -2.33. The highest BCUT2D eigenvalue weighted by Crippen LogP contribution is 2.31. The van der Waals surface area contributed by atoms with Gasteiger partial charge in [0.15, 0.2) is 5.96 Å². The Hall–Kier alpha value is -3.49. The summed E-state index contributed by atoms with van der Waals surface area (Å²) in [7, 11) is -8.87. The van der Waals surface area contributed by atoms with Crippen molar-refractivity contribution >= 4 is 37.9 Å². The van der Waals surface area contributed by atoms with Gasteiger partial charge in [-0.2, -0.15) is 4.31 Å². The lowest BCUT2D eigenvalue weighted by molar-refractivity contribution is -0.147. The van der Waals surface area contributed by atoms with Crippen molar-refractivity contribution in [2.75, 3.05) is 13.1 Å². The molecule has 0 aliphatic carbocycles. The molecule has 1 saturated heterocycles. The summed E-state index contributed by atoms with van der Waals surface area (Å²) in [6.07, 6.45) is 0.0881. The SMILES string of the molecule is Cc1ccc(S(=O)(=O)N2CCC[C@H]2C(=O)N([C@@H](CCCN=C(N)N)C(=O)O)S(=O)(=O)c2ccc(C)cc2)cc1. The van der Waals surface area contributed by atoms with Crippen LogP contribution in [0, 0.1) is 13.8 Å². The van der Waals surface area contributed by atoms with Crippen molar-refractivity contribution < 1.29 is 31.5 Å². The molecule has 5 N–H and O–H groups in total. The maximum Gasteiger partial charge on any atom is 0.327 e. The van der Waals surface area contributed by atoms with Gasteiger partial charge in [-0.25, -0.2) is 25.9 Å². The first kappa shape index (κ1) is 30.1. The van der Waals surface area contributed by atoms with Crippen LogP contribution in [-0.2, 0) is 29.6 Å². The number of aliphatic imine (C=N–C) groups is 1. The fourth-order valence-corrected chi connectivity index (χ4v) is 7.61. The van der Waals surface area contributed by atoms with E-state index in [1.165, 1.54) is 36.4 Å². The van der Waals surface area contributed by atoms with E-state index in [9.17, 15) is 31.5 Å². The van der Waals surface area contributed by atoms with Gasteiger partial charge in [-0.05, 0) is 63.8 Å². The summed E-state index contributed by atoms with van der Waals surface area (Å²) in [4.78, 5) is 29.8. The molecule has 212 valence electrons. The second-order valence-corrected chi connectivity index (χ2v) is 13.0. The zero-order valence-electron chi connectivity index (χ0n) is 21.7. The second kappa shape index (κ2) is 12.1. The summed E-state index contributed by atoms with van der Waals surface area (Å²) in [5.41, 5.74) is 12.2. The van der Waals surface area contributed by atoms with Crippen LogP contribution in [0.4, 0.5) is 0 Å². The van der Waals surface area contributed by atoms with E-state index in [0.29, 0.717) is 10.7 Å². The summed E-state index contributed by atoms with van der Waals surface area (Å²) in [6, 6.07) is 8.43. The number of rotatable bonds is 11. The van der Waals surface area contributed by atoms with Gasteiger partial charge in [0.25, 0.3) is 15.9 Å². The second-order valence-electron chi connectivity index (χ2n) is 9.34. The average molecular weight is 580 g/mol. The van der Waals surface area contributed by atoms with Crippen molar-refractivity contribution in [3.63, 3.8) is 0 Å². The zero-order valence-corrected chi connectivity index (χ0v) is 23.4. The molecular formula is C25H33N5O7S2. The lowest BCUT2D eigenvalue weighted by Crippen LogP contribution is -2.55. The number of aryl methyl sites for hydroxylation is 2. The van der Waals surface area contributed by atoms with Gasteiger partial charge in [0.05, 0.1) is 9.79 Å². The maximum absolute atomic E-state index is 14.0. The van der Waals surface area contributed by atoms with Crippen molar-refractivity contribution in [3.05, 3.63) is 59.7 Å². The van der Waals surface area contributed by atoms with Crippen LogP contribution in [0.2, 0.25) is 0 Å². The van der Waals surface area contributed by atoms with E-state index in [1.54, 1.807) is 26.0 Å². The standard InChI is InChI=1S/C25H33N5O7S2/c1-17-7-11-19(12-8-17)38(34,35)29-16-4-6-21(29)23(31)30(22(24(32)33)5-3-15-28-25(26)27)39(36,37)20-13-9-18(2)10-14-20/h7-14,21-22H,3-6,15-16H2,1-2H3,(H,32,33)(H4,26,27,28)/t21-,22-/m0/s1. The minimum Gasteiger partial charge on any atom is -0.480 e. The summed E-state index contributed by atoms with van der Waals surface area (Å²) < 4.78 is 55.8. The van der Waals surface area contributed by atoms with Gasteiger partial charge in [0.1, 0.15) is 12.1 Å². The largest absolute Gasteiger partial charge is 0.480 e. The Morgan fingerprint density at radius 2 is 1.54 bits per heavy atom. The third-order valence-corrected chi connectivity index (χ3v) is 10.2. The first-order valence-electron chi connectivity index (χ1n) is 12.3. The van der Waals surface area contributed by atoms with E-state index in [-0.39, 0.29) is 48.1 Å². The summed E-state index contributed by atoms with van der Waals surface area (Å²) in [6.45, 7) is 3.53. The third kappa shape index (κ3) is 6.75. The number of carboxylic acids is 1. The van der Waals surface area contributed by atoms with E-state index >= 15 is 0 Å². The van der Waals surface area contributed by atoms with Crippen LogP contribution in [0.15, 0.2) is 63.3 Å². The highest BCUT2D eigenvalue weighted by atomic mass is 32.2. The van der Waals surface area contributed by atoms with E-state index in [2.05, 4.69) is 4.99 Å². The van der Waals surface area contributed by atoms with Crippen molar-refractivity contribution in [2.45, 2.75) is 61.4 Å². The molecule has 1 amide bonds. The van der Waals surface area contributed by atoms with Crippen molar-refractivity contribution in [1.82, 2.24) is 8.61 Å². The van der Waals surface area contributed by atoms with Gasteiger partial charge < -0.3 is 16.6 Å². The first-order valence-corrected chi connectivity index (χ1v) is 15.2. The van der Waals surface area contributed by atoms with Crippen LogP contribution < -0.4 is 11.5 Å². The Labute approximate surface area is 228 Å². The predicted molar refractivity (Wildman–Crippen MR) is 145 cm³/mol. The van der Waals surface area contributed by atoms with Crippen LogP contribution >= 0.6 is 0 Å². The van der Waals surface area contributed by atoms with E-state index in [1.807, 2.05) is 0 Å². The van der Waals surface area contributed by atoms with Crippen LogP contribution in [0.3, 0.4) is 0 Å². The minimum atomic E-state index is -4.70.